The molecule has 3 N–H and O–H groups in total. The van der Waals surface area contributed by atoms with Gasteiger partial charge >= 0.3 is 5.97 Å². The van der Waals surface area contributed by atoms with Gasteiger partial charge in [-0.05, 0) is 25.0 Å². The van der Waals surface area contributed by atoms with Gasteiger partial charge in [0, 0.05) is 12.1 Å². The Labute approximate surface area is 151 Å². The summed E-state index contributed by atoms with van der Waals surface area (Å²) in [5, 5.41) is 12.2. The first-order chi connectivity index (χ1) is 12.6. The summed E-state index contributed by atoms with van der Waals surface area (Å²) in [6.45, 7) is 0. The third-order valence-corrected chi connectivity index (χ3v) is 4.69. The number of nitrogens with one attached hydrogen (secondary N) is 1. The number of amides is 1. The third kappa shape index (κ3) is 3.14. The molecule has 1 aromatic heterocycles. The van der Waals surface area contributed by atoms with Crippen molar-refractivity contribution >= 4 is 23.3 Å². The lowest BCUT2D eigenvalue weighted by Gasteiger charge is -2.16. The quantitative estimate of drug-likeness (QED) is 0.822. The van der Waals surface area contributed by atoms with Gasteiger partial charge in [-0.15, -0.1) is 0 Å². The summed E-state index contributed by atoms with van der Waals surface area (Å²) in [5.74, 6) is -0.677. The summed E-state index contributed by atoms with van der Waals surface area (Å²) in [7, 11) is 1.25. The lowest BCUT2D eigenvalue weighted by atomic mass is 10.1. The number of ether oxygens (including phenoxy) is 1. The molecule has 26 heavy (non-hydrogen) atoms. The van der Waals surface area contributed by atoms with Gasteiger partial charge in [0.25, 0.3) is 0 Å². The molecule has 0 saturated heterocycles. The van der Waals surface area contributed by atoms with Crippen LogP contribution in [0.1, 0.15) is 41.7 Å². The topological polar surface area (TPSA) is 110 Å². The fourth-order valence-corrected chi connectivity index (χ4v) is 3.32. The van der Waals surface area contributed by atoms with Crippen LogP contribution in [-0.4, -0.2) is 23.6 Å². The number of nitrogens with two attached hydrogens (primary N) is 1. The smallest absolute Gasteiger partial charge is 0.357 e. The van der Waals surface area contributed by atoms with E-state index >= 15 is 0 Å². The molecule has 2 aromatic rings. The van der Waals surface area contributed by atoms with Gasteiger partial charge in [0.05, 0.1) is 29.7 Å². The first-order valence-electron chi connectivity index (χ1n) is 8.46. The number of esters is 1. The van der Waals surface area contributed by atoms with Gasteiger partial charge < -0.3 is 20.4 Å². The number of hydrogen-bond donors (Lipinski definition) is 2. The average Bonchev–Trinajstić information content (AvgIpc) is 3.29. The summed E-state index contributed by atoms with van der Waals surface area (Å²) in [6.07, 6.45) is 5.37. The number of carbonyl (C=O) groups is 2. The lowest BCUT2D eigenvalue weighted by Crippen LogP contribution is -2.21. The molecule has 0 atom stereocenters. The fourth-order valence-electron chi connectivity index (χ4n) is 3.32. The fraction of sp³-hybridized carbons (Fsp3) is 0.316. The second kappa shape index (κ2) is 7.31. The Morgan fingerprint density at radius 1 is 1.31 bits per heavy atom. The molecule has 0 bridgehead atoms. The van der Waals surface area contributed by atoms with Crippen molar-refractivity contribution in [1.82, 2.24) is 4.57 Å². The number of aromatic nitrogens is 1. The van der Waals surface area contributed by atoms with Crippen molar-refractivity contribution < 1.29 is 14.3 Å². The molecule has 0 aliphatic heterocycles. The number of para-hydroxylation sites is 2. The molecular weight excluding hydrogens is 332 g/mol. The maximum atomic E-state index is 12.5. The molecule has 7 heteroatoms. The van der Waals surface area contributed by atoms with Gasteiger partial charge in [0.2, 0.25) is 5.91 Å². The van der Waals surface area contributed by atoms with Crippen LogP contribution in [0.5, 0.6) is 0 Å². The van der Waals surface area contributed by atoms with Crippen molar-refractivity contribution in [2.24, 2.45) is 5.92 Å². The Kier molecular flexibility index (Phi) is 4.94. The van der Waals surface area contributed by atoms with Crippen molar-refractivity contribution in [1.29, 1.82) is 5.26 Å². The molecular formula is C19H20N4O3. The zero-order valence-electron chi connectivity index (χ0n) is 14.5. The van der Waals surface area contributed by atoms with Crippen LogP contribution in [0.4, 0.5) is 11.4 Å². The molecule has 1 amide bonds. The molecule has 134 valence electrons. The molecule has 1 aliphatic rings. The molecule has 3 rings (SSSR count). The highest BCUT2D eigenvalue weighted by atomic mass is 16.5. The first-order valence-corrected chi connectivity index (χ1v) is 8.46. The van der Waals surface area contributed by atoms with Crippen molar-refractivity contribution in [3.63, 3.8) is 0 Å². The second-order valence-electron chi connectivity index (χ2n) is 6.27. The number of carbonyl (C=O) groups excluding carboxylic acids is 2. The Morgan fingerprint density at radius 3 is 2.65 bits per heavy atom. The lowest BCUT2D eigenvalue weighted by molar-refractivity contribution is -0.119. The zero-order valence-corrected chi connectivity index (χ0v) is 14.5. The van der Waals surface area contributed by atoms with Crippen LogP contribution < -0.4 is 11.1 Å². The van der Waals surface area contributed by atoms with E-state index in [1.165, 1.54) is 17.9 Å². The third-order valence-electron chi connectivity index (χ3n) is 4.69. The number of methoxy groups -OCH3 is 1. The number of nitriles is 1. The van der Waals surface area contributed by atoms with Gasteiger partial charge in [-0.2, -0.15) is 5.26 Å². The molecule has 1 fully saturated rings. The van der Waals surface area contributed by atoms with E-state index in [1.807, 2.05) is 6.07 Å². The monoisotopic (exact) mass is 352 g/mol. The van der Waals surface area contributed by atoms with Crippen LogP contribution in [0.3, 0.4) is 0 Å². The zero-order chi connectivity index (χ0) is 18.7. The Bertz CT molecular complexity index is 889. The van der Waals surface area contributed by atoms with Crippen LogP contribution in [0.2, 0.25) is 0 Å². The maximum Gasteiger partial charge on any atom is 0.357 e. The Morgan fingerprint density at radius 2 is 2.00 bits per heavy atom. The SMILES string of the molecule is COC(=O)c1c(N)c(C#N)cn1-c1ccccc1NC(=O)C1CCCC1. The van der Waals surface area contributed by atoms with E-state index in [2.05, 4.69) is 5.32 Å². The van der Waals surface area contributed by atoms with Crippen LogP contribution in [0, 0.1) is 17.2 Å². The molecule has 0 radical (unpaired) electrons. The van der Waals surface area contributed by atoms with Gasteiger partial charge in [-0.3, -0.25) is 4.79 Å². The molecule has 1 saturated carbocycles. The van der Waals surface area contributed by atoms with Crippen LogP contribution in [0.25, 0.3) is 5.69 Å². The Hall–Kier alpha value is -3.27. The summed E-state index contributed by atoms with van der Waals surface area (Å²) < 4.78 is 6.29. The summed E-state index contributed by atoms with van der Waals surface area (Å²) >= 11 is 0. The Balaban J connectivity index is 2.04. The van der Waals surface area contributed by atoms with Crippen molar-refractivity contribution in [3.05, 3.63) is 41.7 Å². The van der Waals surface area contributed by atoms with E-state index in [0.29, 0.717) is 11.4 Å². The number of nitrogens with zero attached hydrogens (tertiary/aromatic N) is 2. The van der Waals surface area contributed by atoms with E-state index in [-0.39, 0.29) is 28.8 Å². The minimum absolute atomic E-state index is 0.00698. The van der Waals surface area contributed by atoms with Crippen LogP contribution in [-0.2, 0) is 9.53 Å². The van der Waals surface area contributed by atoms with Crippen molar-refractivity contribution in [2.45, 2.75) is 25.7 Å². The van der Waals surface area contributed by atoms with E-state index in [4.69, 9.17) is 10.5 Å². The summed E-state index contributed by atoms with van der Waals surface area (Å²) in [6, 6.07) is 9.05. The highest BCUT2D eigenvalue weighted by Crippen LogP contribution is 2.30. The first kappa shape index (κ1) is 17.5. The van der Waals surface area contributed by atoms with Gasteiger partial charge in [0.1, 0.15) is 6.07 Å². The molecule has 1 heterocycles. The van der Waals surface area contributed by atoms with Gasteiger partial charge in [-0.25, -0.2) is 4.79 Å². The average molecular weight is 352 g/mol. The highest BCUT2D eigenvalue weighted by Gasteiger charge is 2.25. The number of hydrogen-bond acceptors (Lipinski definition) is 5. The highest BCUT2D eigenvalue weighted by molar-refractivity contribution is 5.98. The number of rotatable bonds is 4. The van der Waals surface area contributed by atoms with Crippen LogP contribution >= 0.6 is 0 Å². The van der Waals surface area contributed by atoms with Crippen molar-refractivity contribution in [2.75, 3.05) is 18.2 Å². The number of benzene rings is 1. The minimum Gasteiger partial charge on any atom is -0.464 e. The van der Waals surface area contributed by atoms with Crippen LogP contribution in [0.15, 0.2) is 30.5 Å². The van der Waals surface area contributed by atoms with E-state index < -0.39 is 5.97 Å². The number of anilines is 2. The van der Waals surface area contributed by atoms with Crippen molar-refractivity contribution in [3.8, 4) is 11.8 Å². The van der Waals surface area contributed by atoms with Gasteiger partial charge in [-0.1, -0.05) is 25.0 Å². The standard InChI is InChI=1S/C19H20N4O3/c1-26-19(25)17-16(21)13(10-20)11-23(17)15-9-5-4-8-14(15)22-18(24)12-6-2-3-7-12/h4-5,8-9,11-12H,2-3,6-7,21H2,1H3,(H,22,24). The normalized spacial score (nSPS) is 14.0. The predicted molar refractivity (Wildman–Crippen MR) is 96.8 cm³/mol. The molecule has 1 aliphatic carbocycles. The minimum atomic E-state index is -0.652. The predicted octanol–water partition coefficient (Wildman–Crippen LogP) is 2.85. The summed E-state index contributed by atoms with van der Waals surface area (Å²) in [4.78, 5) is 24.7. The second-order valence-corrected chi connectivity index (χ2v) is 6.27. The molecule has 1 aromatic carbocycles. The van der Waals surface area contributed by atoms with E-state index in [0.717, 1.165) is 25.7 Å². The summed E-state index contributed by atoms with van der Waals surface area (Å²) in [5.41, 5.74) is 7.33. The molecule has 7 nitrogen and oxygen atoms in total. The number of nitrogen functional groups attached to an aromatic ring is 1. The maximum absolute atomic E-state index is 12.5. The van der Waals surface area contributed by atoms with E-state index in [9.17, 15) is 14.9 Å². The largest absolute Gasteiger partial charge is 0.464 e. The van der Waals surface area contributed by atoms with Gasteiger partial charge in [0.15, 0.2) is 5.69 Å². The molecule has 0 spiro atoms. The molecule has 0 unspecified atom stereocenters. The van der Waals surface area contributed by atoms with E-state index in [1.54, 1.807) is 24.3 Å².